The van der Waals surface area contributed by atoms with Gasteiger partial charge >= 0.3 is 0 Å². The molecule has 0 saturated heterocycles. The Balaban J connectivity index is 2.08. The van der Waals surface area contributed by atoms with E-state index in [9.17, 15) is 0 Å². The van der Waals surface area contributed by atoms with Crippen molar-refractivity contribution >= 4 is 0 Å². The van der Waals surface area contributed by atoms with E-state index in [1.165, 1.54) is 42.4 Å². The highest BCUT2D eigenvalue weighted by Crippen LogP contribution is 2.33. The molecule has 1 aliphatic carbocycles. The number of benzene rings is 1. The van der Waals surface area contributed by atoms with Crippen LogP contribution in [-0.4, -0.2) is 6.54 Å². The first-order valence-electron chi connectivity index (χ1n) is 6.46. The van der Waals surface area contributed by atoms with Gasteiger partial charge in [-0.2, -0.15) is 0 Å². The van der Waals surface area contributed by atoms with E-state index in [-0.39, 0.29) is 0 Å². The van der Waals surface area contributed by atoms with E-state index in [2.05, 4.69) is 32.0 Å². The summed E-state index contributed by atoms with van der Waals surface area (Å²) in [6, 6.07) is 6.91. The van der Waals surface area contributed by atoms with Crippen molar-refractivity contribution in [1.82, 2.24) is 0 Å². The molecule has 1 aliphatic rings. The smallest absolute Gasteiger partial charge is 0.00461 e. The molecular formula is C15H23N. The predicted octanol–water partition coefficient (Wildman–Crippen LogP) is 3.22. The number of rotatable bonds is 3. The van der Waals surface area contributed by atoms with E-state index in [0.29, 0.717) is 0 Å². The van der Waals surface area contributed by atoms with Crippen LogP contribution in [0.5, 0.6) is 0 Å². The van der Waals surface area contributed by atoms with E-state index in [1.807, 2.05) is 0 Å². The fraction of sp³-hybridized carbons (Fsp3) is 0.600. The van der Waals surface area contributed by atoms with Crippen LogP contribution in [0.1, 0.15) is 36.0 Å². The minimum absolute atomic E-state index is 0.765. The van der Waals surface area contributed by atoms with Gasteiger partial charge < -0.3 is 5.73 Å². The Morgan fingerprint density at radius 1 is 1.06 bits per heavy atom. The fourth-order valence-corrected chi connectivity index (χ4v) is 3.18. The predicted molar refractivity (Wildman–Crippen MR) is 69.5 cm³/mol. The van der Waals surface area contributed by atoms with Gasteiger partial charge in [-0.1, -0.05) is 35.7 Å². The van der Waals surface area contributed by atoms with Gasteiger partial charge in [0.2, 0.25) is 0 Å². The lowest BCUT2D eigenvalue weighted by Gasteiger charge is -2.18. The lowest BCUT2D eigenvalue weighted by molar-refractivity contribution is 0.394. The van der Waals surface area contributed by atoms with E-state index >= 15 is 0 Å². The van der Waals surface area contributed by atoms with Gasteiger partial charge in [0, 0.05) is 0 Å². The third kappa shape index (κ3) is 2.65. The molecule has 1 aromatic rings. The van der Waals surface area contributed by atoms with Gasteiger partial charge in [-0.05, 0) is 57.1 Å². The Hall–Kier alpha value is -0.820. The molecule has 0 amide bonds. The van der Waals surface area contributed by atoms with E-state index in [0.717, 1.165) is 18.4 Å². The molecule has 0 spiro atoms. The highest BCUT2D eigenvalue weighted by molar-refractivity contribution is 5.29. The summed E-state index contributed by atoms with van der Waals surface area (Å²) >= 11 is 0. The molecular weight excluding hydrogens is 194 g/mol. The molecule has 16 heavy (non-hydrogen) atoms. The number of hydrogen-bond acceptors (Lipinski definition) is 1. The van der Waals surface area contributed by atoms with Crippen molar-refractivity contribution in [3.63, 3.8) is 0 Å². The van der Waals surface area contributed by atoms with Crippen molar-refractivity contribution in [2.75, 3.05) is 6.54 Å². The van der Waals surface area contributed by atoms with E-state index in [1.54, 1.807) is 0 Å². The summed E-state index contributed by atoms with van der Waals surface area (Å²) in [5.74, 6) is 1.59. The van der Waals surface area contributed by atoms with Gasteiger partial charge in [-0.3, -0.25) is 0 Å². The summed E-state index contributed by atoms with van der Waals surface area (Å²) in [6.45, 7) is 5.24. The molecule has 0 heterocycles. The zero-order valence-corrected chi connectivity index (χ0v) is 10.5. The lowest BCUT2D eigenvalue weighted by atomic mass is 9.89. The van der Waals surface area contributed by atoms with Crippen LogP contribution in [0.4, 0.5) is 0 Å². The molecule has 1 fully saturated rings. The van der Waals surface area contributed by atoms with Gasteiger partial charge in [-0.25, -0.2) is 0 Å². The van der Waals surface area contributed by atoms with Crippen LogP contribution in [0.3, 0.4) is 0 Å². The summed E-state index contributed by atoms with van der Waals surface area (Å²) in [5, 5.41) is 0. The Kier molecular flexibility index (Phi) is 3.65. The van der Waals surface area contributed by atoms with Crippen LogP contribution < -0.4 is 5.73 Å². The van der Waals surface area contributed by atoms with Gasteiger partial charge in [0.05, 0.1) is 0 Å². The van der Waals surface area contributed by atoms with Gasteiger partial charge in [0.1, 0.15) is 0 Å². The molecule has 1 aromatic carbocycles. The molecule has 2 unspecified atom stereocenters. The van der Waals surface area contributed by atoms with Crippen LogP contribution in [-0.2, 0) is 6.42 Å². The molecule has 1 heteroatoms. The van der Waals surface area contributed by atoms with E-state index < -0.39 is 0 Å². The Labute approximate surface area is 99.0 Å². The zero-order valence-electron chi connectivity index (χ0n) is 10.5. The second-order valence-electron chi connectivity index (χ2n) is 5.39. The second-order valence-corrected chi connectivity index (χ2v) is 5.39. The first-order valence-corrected chi connectivity index (χ1v) is 6.46. The first-order chi connectivity index (χ1) is 7.69. The maximum Gasteiger partial charge on any atom is -0.00461 e. The summed E-state index contributed by atoms with van der Waals surface area (Å²) in [6.07, 6.45) is 5.31. The van der Waals surface area contributed by atoms with Crippen molar-refractivity contribution in [1.29, 1.82) is 0 Å². The third-order valence-corrected chi connectivity index (χ3v) is 3.90. The normalized spacial score (nSPS) is 24.9. The fourth-order valence-electron chi connectivity index (χ4n) is 3.18. The van der Waals surface area contributed by atoms with E-state index in [4.69, 9.17) is 5.73 Å². The van der Waals surface area contributed by atoms with Gasteiger partial charge in [0.15, 0.2) is 0 Å². The molecule has 0 bridgehead atoms. The summed E-state index contributed by atoms with van der Waals surface area (Å²) < 4.78 is 0. The summed E-state index contributed by atoms with van der Waals surface area (Å²) in [7, 11) is 0. The highest BCUT2D eigenvalue weighted by atomic mass is 14.6. The highest BCUT2D eigenvalue weighted by Gasteiger charge is 2.25. The molecule has 0 aromatic heterocycles. The molecule has 2 atom stereocenters. The van der Waals surface area contributed by atoms with Crippen molar-refractivity contribution in [3.05, 3.63) is 34.9 Å². The van der Waals surface area contributed by atoms with Crippen LogP contribution in [0, 0.1) is 25.7 Å². The topological polar surface area (TPSA) is 26.0 Å². The monoisotopic (exact) mass is 217 g/mol. The number of nitrogens with two attached hydrogens (primary N) is 1. The molecule has 88 valence electrons. The standard InChI is InChI=1S/C15H23N/c1-11-6-12(2)8-13(7-11)9-14-4-3-5-15(14)10-16/h6-8,14-15H,3-5,9-10,16H2,1-2H3. The third-order valence-electron chi connectivity index (χ3n) is 3.90. The molecule has 0 radical (unpaired) electrons. The quantitative estimate of drug-likeness (QED) is 0.826. The van der Waals surface area contributed by atoms with Crippen molar-refractivity contribution < 1.29 is 0 Å². The summed E-state index contributed by atoms with van der Waals surface area (Å²) in [4.78, 5) is 0. The minimum atomic E-state index is 0.765. The van der Waals surface area contributed by atoms with Crippen molar-refractivity contribution in [2.24, 2.45) is 17.6 Å². The summed E-state index contributed by atoms with van der Waals surface area (Å²) in [5.41, 5.74) is 10.1. The van der Waals surface area contributed by atoms with Crippen molar-refractivity contribution in [3.8, 4) is 0 Å². The Morgan fingerprint density at radius 2 is 1.69 bits per heavy atom. The molecule has 2 rings (SSSR count). The average Bonchev–Trinajstić information content (AvgIpc) is 2.63. The number of hydrogen-bond donors (Lipinski definition) is 1. The first kappa shape index (κ1) is 11.7. The molecule has 1 nitrogen and oxygen atoms in total. The molecule has 2 N–H and O–H groups in total. The number of aryl methyl sites for hydroxylation is 2. The lowest BCUT2D eigenvalue weighted by Crippen LogP contribution is -2.20. The van der Waals surface area contributed by atoms with Crippen LogP contribution >= 0.6 is 0 Å². The van der Waals surface area contributed by atoms with Gasteiger partial charge in [-0.15, -0.1) is 0 Å². The maximum atomic E-state index is 5.84. The zero-order chi connectivity index (χ0) is 11.5. The second kappa shape index (κ2) is 5.01. The van der Waals surface area contributed by atoms with Crippen LogP contribution in [0.15, 0.2) is 18.2 Å². The minimum Gasteiger partial charge on any atom is -0.330 e. The van der Waals surface area contributed by atoms with Gasteiger partial charge in [0.25, 0.3) is 0 Å². The Morgan fingerprint density at radius 3 is 2.31 bits per heavy atom. The van der Waals surface area contributed by atoms with Crippen LogP contribution in [0.2, 0.25) is 0 Å². The molecule has 1 saturated carbocycles. The molecule has 0 aliphatic heterocycles. The Bertz CT molecular complexity index is 336. The van der Waals surface area contributed by atoms with Crippen molar-refractivity contribution in [2.45, 2.75) is 39.5 Å². The largest absolute Gasteiger partial charge is 0.330 e. The maximum absolute atomic E-state index is 5.84. The van der Waals surface area contributed by atoms with Crippen LogP contribution in [0.25, 0.3) is 0 Å². The average molecular weight is 217 g/mol. The SMILES string of the molecule is Cc1cc(C)cc(CC2CCCC2CN)c1.